The molecule has 0 aromatic carbocycles. The summed E-state index contributed by atoms with van der Waals surface area (Å²) in [5.74, 6) is 2.74. The molecule has 2 heterocycles. The molecule has 2 atom stereocenters. The first-order valence-electron chi connectivity index (χ1n) is 7.17. The highest BCUT2D eigenvalue weighted by atomic mass is 16.4. The third-order valence-electron chi connectivity index (χ3n) is 4.47. The Labute approximate surface area is 113 Å². The zero-order valence-electron chi connectivity index (χ0n) is 11.3. The van der Waals surface area contributed by atoms with Crippen LogP contribution in [0.2, 0.25) is 0 Å². The van der Waals surface area contributed by atoms with Gasteiger partial charge in [0.1, 0.15) is 11.5 Å². The Balaban J connectivity index is 1.52. The third-order valence-corrected chi connectivity index (χ3v) is 4.47. The van der Waals surface area contributed by atoms with E-state index in [1.165, 1.54) is 6.42 Å². The summed E-state index contributed by atoms with van der Waals surface area (Å²) in [6.45, 7) is 4.77. The number of furan rings is 1. The van der Waals surface area contributed by atoms with Gasteiger partial charge in [-0.3, -0.25) is 9.69 Å². The van der Waals surface area contributed by atoms with Gasteiger partial charge in [0, 0.05) is 5.92 Å². The molecule has 3 rings (SSSR count). The van der Waals surface area contributed by atoms with Crippen molar-refractivity contribution in [1.82, 2.24) is 4.90 Å². The van der Waals surface area contributed by atoms with E-state index in [0.717, 1.165) is 49.9 Å². The molecular formula is C15H21NO3. The van der Waals surface area contributed by atoms with Gasteiger partial charge in [0.05, 0.1) is 12.5 Å². The molecule has 19 heavy (non-hydrogen) atoms. The van der Waals surface area contributed by atoms with Crippen LogP contribution in [0, 0.1) is 11.8 Å². The average Bonchev–Trinajstić information content (AvgIpc) is 2.94. The van der Waals surface area contributed by atoms with E-state index in [1.807, 2.05) is 0 Å². The lowest BCUT2D eigenvalue weighted by molar-refractivity contribution is -0.143. The summed E-state index contributed by atoms with van der Waals surface area (Å²) in [7, 11) is 0. The van der Waals surface area contributed by atoms with Crippen LogP contribution in [0.5, 0.6) is 0 Å². The van der Waals surface area contributed by atoms with Crippen LogP contribution in [-0.4, -0.2) is 29.1 Å². The fourth-order valence-corrected chi connectivity index (χ4v) is 2.96. The summed E-state index contributed by atoms with van der Waals surface area (Å²) in [4.78, 5) is 13.2. The number of piperidine rings is 1. The molecule has 2 fully saturated rings. The minimum atomic E-state index is -0.650. The Morgan fingerprint density at radius 2 is 2.11 bits per heavy atom. The van der Waals surface area contributed by atoms with E-state index in [0.29, 0.717) is 5.92 Å². The van der Waals surface area contributed by atoms with Crippen molar-refractivity contribution >= 4 is 5.97 Å². The molecule has 1 saturated heterocycles. The lowest BCUT2D eigenvalue weighted by Gasteiger charge is -2.29. The first-order chi connectivity index (χ1) is 9.13. The van der Waals surface area contributed by atoms with E-state index in [-0.39, 0.29) is 5.92 Å². The number of rotatable bonds is 4. The summed E-state index contributed by atoms with van der Waals surface area (Å²) in [5.41, 5.74) is 0. The van der Waals surface area contributed by atoms with Gasteiger partial charge in [-0.1, -0.05) is 6.92 Å². The smallest absolute Gasteiger partial charge is 0.306 e. The maximum absolute atomic E-state index is 10.9. The predicted molar refractivity (Wildman–Crippen MR) is 70.9 cm³/mol. The number of carboxylic acids is 1. The summed E-state index contributed by atoms with van der Waals surface area (Å²) in [6, 6.07) is 4.18. The standard InChI is InChI=1S/C15H21NO3/c1-10-8-13(10)14-3-2-12(19-14)9-16-6-4-11(5-7-16)15(17)18/h2-3,10-11,13H,4-9H2,1H3,(H,17,18). The lowest BCUT2D eigenvalue weighted by Crippen LogP contribution is -2.35. The second-order valence-electron chi connectivity index (χ2n) is 6.01. The maximum Gasteiger partial charge on any atom is 0.306 e. The molecule has 0 radical (unpaired) electrons. The molecule has 2 aliphatic rings. The van der Waals surface area contributed by atoms with Crippen molar-refractivity contribution in [3.63, 3.8) is 0 Å². The maximum atomic E-state index is 10.9. The minimum absolute atomic E-state index is 0.157. The zero-order valence-corrected chi connectivity index (χ0v) is 11.3. The fraction of sp³-hybridized carbons (Fsp3) is 0.667. The Morgan fingerprint density at radius 3 is 2.68 bits per heavy atom. The van der Waals surface area contributed by atoms with Crippen molar-refractivity contribution in [2.75, 3.05) is 13.1 Å². The van der Waals surface area contributed by atoms with Crippen LogP contribution in [0.15, 0.2) is 16.5 Å². The quantitative estimate of drug-likeness (QED) is 0.907. The van der Waals surface area contributed by atoms with E-state index in [4.69, 9.17) is 9.52 Å². The number of hydrogen-bond donors (Lipinski definition) is 1. The Morgan fingerprint density at radius 1 is 1.42 bits per heavy atom. The molecule has 1 aromatic heterocycles. The molecule has 104 valence electrons. The third kappa shape index (κ3) is 2.84. The van der Waals surface area contributed by atoms with Crippen molar-refractivity contribution in [2.45, 2.75) is 38.6 Å². The van der Waals surface area contributed by atoms with Crippen molar-refractivity contribution < 1.29 is 14.3 Å². The Bertz CT molecular complexity index is 460. The monoisotopic (exact) mass is 263 g/mol. The zero-order chi connectivity index (χ0) is 13.4. The largest absolute Gasteiger partial charge is 0.481 e. The van der Waals surface area contributed by atoms with E-state index in [1.54, 1.807) is 0 Å². The second kappa shape index (κ2) is 5.00. The summed E-state index contributed by atoms with van der Waals surface area (Å²) in [6.07, 6.45) is 2.75. The first-order valence-corrected chi connectivity index (χ1v) is 7.17. The Kier molecular flexibility index (Phi) is 3.35. The Hall–Kier alpha value is -1.29. The van der Waals surface area contributed by atoms with Gasteiger partial charge < -0.3 is 9.52 Å². The van der Waals surface area contributed by atoms with E-state index < -0.39 is 5.97 Å². The van der Waals surface area contributed by atoms with Crippen LogP contribution in [-0.2, 0) is 11.3 Å². The van der Waals surface area contributed by atoms with Crippen LogP contribution in [0.25, 0.3) is 0 Å². The molecule has 0 amide bonds. The number of hydrogen-bond acceptors (Lipinski definition) is 3. The molecule has 4 nitrogen and oxygen atoms in total. The molecule has 1 saturated carbocycles. The van der Waals surface area contributed by atoms with Gasteiger partial charge in [-0.05, 0) is 50.4 Å². The van der Waals surface area contributed by atoms with Crippen LogP contribution < -0.4 is 0 Å². The lowest BCUT2D eigenvalue weighted by atomic mass is 9.97. The minimum Gasteiger partial charge on any atom is -0.481 e. The topological polar surface area (TPSA) is 53.7 Å². The van der Waals surface area contributed by atoms with Crippen molar-refractivity contribution in [3.8, 4) is 0 Å². The van der Waals surface area contributed by atoms with Crippen molar-refractivity contribution in [1.29, 1.82) is 0 Å². The molecule has 0 spiro atoms. The van der Waals surface area contributed by atoms with Gasteiger partial charge in [-0.15, -0.1) is 0 Å². The highest BCUT2D eigenvalue weighted by Crippen LogP contribution is 2.47. The van der Waals surface area contributed by atoms with Gasteiger partial charge >= 0.3 is 5.97 Å². The van der Waals surface area contributed by atoms with Crippen LogP contribution >= 0.6 is 0 Å². The number of aliphatic carboxylic acids is 1. The number of nitrogens with zero attached hydrogens (tertiary/aromatic N) is 1. The van der Waals surface area contributed by atoms with Gasteiger partial charge in [0.2, 0.25) is 0 Å². The molecule has 4 heteroatoms. The van der Waals surface area contributed by atoms with E-state index >= 15 is 0 Å². The van der Waals surface area contributed by atoms with Crippen molar-refractivity contribution in [3.05, 3.63) is 23.7 Å². The van der Waals surface area contributed by atoms with Gasteiger partial charge in [-0.2, -0.15) is 0 Å². The summed E-state index contributed by atoms with van der Waals surface area (Å²) < 4.78 is 5.90. The van der Waals surface area contributed by atoms with Gasteiger partial charge in [0.25, 0.3) is 0 Å². The van der Waals surface area contributed by atoms with Gasteiger partial charge in [-0.25, -0.2) is 0 Å². The fourth-order valence-electron chi connectivity index (χ4n) is 2.96. The van der Waals surface area contributed by atoms with E-state index in [9.17, 15) is 4.79 Å². The van der Waals surface area contributed by atoms with Gasteiger partial charge in [0.15, 0.2) is 0 Å². The molecule has 1 aliphatic carbocycles. The normalized spacial score (nSPS) is 28.5. The summed E-state index contributed by atoms with van der Waals surface area (Å²) in [5, 5.41) is 8.97. The molecule has 1 aliphatic heterocycles. The van der Waals surface area contributed by atoms with Crippen molar-refractivity contribution in [2.24, 2.45) is 11.8 Å². The first kappa shape index (κ1) is 12.7. The predicted octanol–water partition coefficient (Wildman–Crippen LogP) is 2.70. The summed E-state index contributed by atoms with van der Waals surface area (Å²) >= 11 is 0. The van der Waals surface area contributed by atoms with Crippen LogP contribution in [0.3, 0.4) is 0 Å². The molecule has 1 aromatic rings. The highest BCUT2D eigenvalue weighted by molar-refractivity contribution is 5.70. The SMILES string of the molecule is CC1CC1c1ccc(CN2CCC(C(=O)O)CC2)o1. The number of likely N-dealkylation sites (tertiary alicyclic amines) is 1. The molecule has 1 N–H and O–H groups in total. The number of carbonyl (C=O) groups is 1. The van der Waals surface area contributed by atoms with E-state index in [2.05, 4.69) is 24.0 Å². The second-order valence-corrected chi connectivity index (χ2v) is 6.01. The average molecular weight is 263 g/mol. The molecule has 2 unspecified atom stereocenters. The molecular weight excluding hydrogens is 242 g/mol. The van der Waals surface area contributed by atoms with Crippen LogP contribution in [0.4, 0.5) is 0 Å². The highest BCUT2D eigenvalue weighted by Gasteiger charge is 2.36. The van der Waals surface area contributed by atoms with Crippen LogP contribution in [0.1, 0.15) is 43.6 Å². The number of carboxylic acid groups (broad SMARTS) is 1. The molecule has 0 bridgehead atoms.